The molecule has 0 saturated heterocycles. The number of aromatic nitrogens is 4. The number of rotatable bonds is 8. The van der Waals surface area contributed by atoms with Gasteiger partial charge in [0.05, 0.1) is 11.0 Å². The molecule has 59 heavy (non-hydrogen) atoms. The summed E-state index contributed by atoms with van der Waals surface area (Å²) in [7, 11) is 0. The van der Waals surface area contributed by atoms with E-state index in [2.05, 4.69) is 189 Å². The fraction of sp³-hybridized carbons (Fsp3) is 0.294. The first-order valence-electron chi connectivity index (χ1n) is 21.4. The number of aryl methyl sites for hydroxylation is 1. The van der Waals surface area contributed by atoms with Crippen LogP contribution < -0.4 is 19.6 Å². The second kappa shape index (κ2) is 14.2. The molecule has 2 aromatic heterocycles. The van der Waals surface area contributed by atoms with Crippen molar-refractivity contribution in [2.45, 2.75) is 90.9 Å². The zero-order valence-corrected chi connectivity index (χ0v) is 35.1. The van der Waals surface area contributed by atoms with E-state index in [0.29, 0.717) is 11.8 Å². The summed E-state index contributed by atoms with van der Waals surface area (Å²) < 4.78 is 0. The number of fused-ring (bicyclic) bond motifs is 7. The van der Waals surface area contributed by atoms with Gasteiger partial charge in [-0.05, 0) is 102 Å². The van der Waals surface area contributed by atoms with Crippen molar-refractivity contribution in [3.05, 3.63) is 156 Å². The topological polar surface area (TPSA) is 64.5 Å². The Labute approximate surface area is 348 Å². The monoisotopic (exact) mass is 776 g/mol. The van der Waals surface area contributed by atoms with E-state index in [0.717, 1.165) is 64.2 Å². The lowest BCUT2D eigenvalue weighted by atomic mass is 9.61. The van der Waals surface area contributed by atoms with E-state index in [4.69, 9.17) is 19.9 Å². The molecule has 3 aliphatic heterocycles. The quantitative estimate of drug-likeness (QED) is 0.151. The Kier molecular flexibility index (Phi) is 8.92. The minimum Gasteiger partial charge on any atom is -0.301 e. The largest absolute Gasteiger partial charge is 0.301 e. The Morgan fingerprint density at radius 3 is 1.64 bits per heavy atom. The van der Waals surface area contributed by atoms with Crippen LogP contribution in [0.2, 0.25) is 0 Å². The van der Waals surface area contributed by atoms with Crippen LogP contribution in [0.3, 0.4) is 0 Å². The maximum Gasteiger partial charge on any atom is 0.179 e. The third-order valence-electron chi connectivity index (χ3n) is 13.4. The summed E-state index contributed by atoms with van der Waals surface area (Å²) in [6.07, 6.45) is 5.02. The van der Waals surface area contributed by atoms with Gasteiger partial charge in [-0.15, -0.1) is 0 Å². The number of anilines is 8. The molecule has 10 rings (SSSR count). The lowest BCUT2D eigenvalue weighted by molar-refractivity contribution is 0.171. The zero-order chi connectivity index (χ0) is 40.6. The number of benzene rings is 5. The van der Waals surface area contributed by atoms with Gasteiger partial charge < -0.3 is 19.6 Å². The maximum absolute atomic E-state index is 5.59. The molecule has 0 bridgehead atoms. The van der Waals surface area contributed by atoms with Crippen LogP contribution in [0.5, 0.6) is 0 Å². The summed E-state index contributed by atoms with van der Waals surface area (Å²) in [5, 5.41) is 0. The molecule has 8 nitrogen and oxygen atoms in total. The Balaban J connectivity index is 1.33. The molecule has 0 aliphatic carbocycles. The predicted octanol–water partition coefficient (Wildman–Crippen LogP) is 12.6. The highest BCUT2D eigenvalue weighted by molar-refractivity contribution is 5.92. The summed E-state index contributed by atoms with van der Waals surface area (Å²) in [4.78, 5) is 31.5. The van der Waals surface area contributed by atoms with E-state index in [-0.39, 0.29) is 23.7 Å². The molecule has 5 aromatic carbocycles. The van der Waals surface area contributed by atoms with E-state index in [1.165, 1.54) is 27.9 Å². The average Bonchev–Trinajstić information content (AvgIpc) is 3.78. The van der Waals surface area contributed by atoms with E-state index >= 15 is 0 Å². The van der Waals surface area contributed by atoms with E-state index in [9.17, 15) is 0 Å². The molecule has 5 heterocycles. The second-order valence-corrected chi connectivity index (χ2v) is 17.1. The molecular weight excluding hydrogens is 725 g/mol. The summed E-state index contributed by atoms with van der Waals surface area (Å²) >= 11 is 0. The molecular formula is C51H52N8. The highest BCUT2D eigenvalue weighted by Crippen LogP contribution is 2.63. The summed E-state index contributed by atoms with van der Waals surface area (Å²) in [5.41, 5.74) is 11.1. The van der Waals surface area contributed by atoms with Gasteiger partial charge in [0.2, 0.25) is 0 Å². The molecule has 3 unspecified atom stereocenters. The Hall–Kier alpha value is -6.28. The SMILES string of the molecule is CCC1(CC)c2ccccc2N2c3nccnc3N(c3ccccc3)C2C1C1N(c2ccc(C(C)C)cc2)c2nc3ccccc3nc2N1c1ccc(C(C)C)cc1C. The molecule has 3 atom stereocenters. The number of nitrogens with zero attached hydrogens (tertiary/aromatic N) is 8. The van der Waals surface area contributed by atoms with E-state index in [1.54, 1.807) is 0 Å². The summed E-state index contributed by atoms with van der Waals surface area (Å²) in [6.45, 7) is 16.1. The first kappa shape index (κ1) is 37.0. The minimum atomic E-state index is -0.306. The number of hydrogen-bond donors (Lipinski definition) is 0. The third-order valence-corrected chi connectivity index (χ3v) is 13.4. The van der Waals surface area contributed by atoms with Gasteiger partial charge in [0.25, 0.3) is 0 Å². The normalized spacial score (nSPS) is 19.0. The Morgan fingerprint density at radius 1 is 0.525 bits per heavy atom. The lowest BCUT2D eigenvalue weighted by Crippen LogP contribution is -2.65. The average molecular weight is 777 g/mol. The van der Waals surface area contributed by atoms with Crippen molar-refractivity contribution >= 4 is 57.1 Å². The molecule has 8 heteroatoms. The van der Waals surface area contributed by atoms with Crippen molar-refractivity contribution in [3.63, 3.8) is 0 Å². The van der Waals surface area contributed by atoms with Crippen LogP contribution in [0.25, 0.3) is 11.0 Å². The first-order valence-corrected chi connectivity index (χ1v) is 21.4. The summed E-state index contributed by atoms with van der Waals surface area (Å²) in [5.74, 6) is 4.18. The van der Waals surface area contributed by atoms with Gasteiger partial charge >= 0.3 is 0 Å². The van der Waals surface area contributed by atoms with Crippen LogP contribution in [0, 0.1) is 12.8 Å². The van der Waals surface area contributed by atoms with Crippen molar-refractivity contribution in [1.82, 2.24) is 19.9 Å². The summed E-state index contributed by atoms with van der Waals surface area (Å²) in [6, 6.07) is 44.3. The molecule has 3 aliphatic rings. The van der Waals surface area contributed by atoms with Crippen LogP contribution in [0.4, 0.5) is 46.0 Å². The molecule has 0 N–H and O–H groups in total. The van der Waals surface area contributed by atoms with Gasteiger partial charge in [-0.1, -0.05) is 114 Å². The van der Waals surface area contributed by atoms with Crippen LogP contribution in [-0.4, -0.2) is 32.3 Å². The van der Waals surface area contributed by atoms with Gasteiger partial charge in [-0.3, -0.25) is 0 Å². The van der Waals surface area contributed by atoms with Gasteiger partial charge in [0, 0.05) is 46.5 Å². The Morgan fingerprint density at radius 2 is 1.03 bits per heavy atom. The fourth-order valence-corrected chi connectivity index (χ4v) is 10.4. The van der Waals surface area contributed by atoms with Gasteiger partial charge in [0.15, 0.2) is 23.3 Å². The number of para-hydroxylation sites is 4. The molecule has 296 valence electrons. The van der Waals surface area contributed by atoms with Crippen LogP contribution in [0.1, 0.15) is 88.5 Å². The van der Waals surface area contributed by atoms with Crippen LogP contribution in [0.15, 0.2) is 134 Å². The predicted molar refractivity (Wildman–Crippen MR) is 242 cm³/mol. The molecule has 0 fully saturated rings. The molecule has 0 amide bonds. The highest BCUT2D eigenvalue weighted by atomic mass is 15.5. The highest BCUT2D eigenvalue weighted by Gasteiger charge is 2.63. The molecule has 0 saturated carbocycles. The van der Waals surface area contributed by atoms with E-state index in [1.807, 2.05) is 12.4 Å². The van der Waals surface area contributed by atoms with Crippen LogP contribution in [-0.2, 0) is 5.41 Å². The molecule has 7 aromatic rings. The first-order chi connectivity index (χ1) is 28.8. The molecule has 0 radical (unpaired) electrons. The van der Waals surface area contributed by atoms with Gasteiger partial charge in [-0.2, -0.15) is 0 Å². The van der Waals surface area contributed by atoms with Gasteiger partial charge in [-0.25, -0.2) is 19.9 Å². The van der Waals surface area contributed by atoms with Crippen molar-refractivity contribution in [2.75, 3.05) is 19.6 Å². The van der Waals surface area contributed by atoms with Crippen LogP contribution >= 0.6 is 0 Å². The van der Waals surface area contributed by atoms with Crippen molar-refractivity contribution in [3.8, 4) is 0 Å². The number of hydrogen-bond acceptors (Lipinski definition) is 8. The van der Waals surface area contributed by atoms with Gasteiger partial charge in [0.1, 0.15) is 12.3 Å². The fourth-order valence-electron chi connectivity index (χ4n) is 10.4. The lowest BCUT2D eigenvalue weighted by Gasteiger charge is -2.57. The standard InChI is InChI=1S/C51H52N8/c1-8-51(9-2)39-19-13-16-22-43(39)59-46-45(52-29-30-53-46)56(37-17-11-10-12-18-37)49(59)44(51)50-57(38-26-23-35(24-27-38)32(3)4)47-48(55-41-21-15-14-20-40(41)54-47)58(50)42-28-25-36(33(5)6)31-34(42)7/h10-33,44,49-50H,8-9H2,1-7H3. The zero-order valence-electron chi connectivity index (χ0n) is 35.1. The Bertz CT molecular complexity index is 2670. The van der Waals surface area contributed by atoms with E-state index < -0.39 is 0 Å². The van der Waals surface area contributed by atoms with Crippen molar-refractivity contribution in [2.24, 2.45) is 5.92 Å². The smallest absolute Gasteiger partial charge is 0.179 e. The second-order valence-electron chi connectivity index (χ2n) is 17.1. The third kappa shape index (κ3) is 5.55. The maximum atomic E-state index is 5.59. The van der Waals surface area contributed by atoms with Crippen molar-refractivity contribution < 1.29 is 0 Å². The van der Waals surface area contributed by atoms with Crippen molar-refractivity contribution in [1.29, 1.82) is 0 Å². The molecule has 0 spiro atoms. The minimum absolute atomic E-state index is 0.0864.